The Kier molecular flexibility index (Phi) is 4.34. The van der Waals surface area contributed by atoms with Crippen molar-refractivity contribution < 1.29 is 18.9 Å². The summed E-state index contributed by atoms with van der Waals surface area (Å²) >= 11 is 0. The first-order valence-electron chi connectivity index (χ1n) is 7.21. The average molecular weight is 296 g/mol. The molecule has 2 rings (SSSR count). The van der Waals surface area contributed by atoms with Gasteiger partial charge in [-0.15, -0.1) is 0 Å². The third-order valence-corrected chi connectivity index (χ3v) is 3.50. The fourth-order valence-electron chi connectivity index (χ4n) is 2.54. The summed E-state index contributed by atoms with van der Waals surface area (Å²) < 4.78 is 19.3. The number of H-pyrrole nitrogens is 1. The van der Waals surface area contributed by atoms with Crippen LogP contribution in [-0.4, -0.2) is 24.7 Å². The van der Waals surface area contributed by atoms with Gasteiger partial charge in [0.2, 0.25) is 12.0 Å². The number of halogens is 1. The quantitative estimate of drug-likeness (QED) is 0.845. The standard InChI is InChI=1S/C15H22FN3O2/c1-15(2,3)21-14(20)10-4-6-19(7-5-10)13-11(16)8-18-9-12(13)17/h8-10H,4-7,17H2,1-3H3/p+1. The lowest BCUT2D eigenvalue weighted by Gasteiger charge is -2.34. The maximum Gasteiger partial charge on any atom is 0.309 e. The van der Waals surface area contributed by atoms with Crippen LogP contribution in [0.4, 0.5) is 15.8 Å². The molecule has 0 unspecified atom stereocenters. The van der Waals surface area contributed by atoms with Crippen molar-refractivity contribution in [3.05, 3.63) is 18.2 Å². The molecule has 0 bridgehead atoms. The molecule has 0 amide bonds. The Morgan fingerprint density at radius 1 is 1.38 bits per heavy atom. The number of piperidine rings is 1. The monoisotopic (exact) mass is 296 g/mol. The van der Waals surface area contributed by atoms with Gasteiger partial charge in [0, 0.05) is 13.1 Å². The van der Waals surface area contributed by atoms with Crippen molar-refractivity contribution in [3.63, 3.8) is 0 Å². The Morgan fingerprint density at radius 3 is 2.52 bits per heavy atom. The molecule has 3 N–H and O–H groups in total. The number of aromatic amines is 1. The second-order valence-corrected chi connectivity index (χ2v) is 6.40. The SMILES string of the molecule is CC(C)(C)OC(=O)C1CCN(c2c(N)c[nH+]cc2F)CC1. The fraction of sp³-hybridized carbons (Fsp3) is 0.600. The Labute approximate surface area is 124 Å². The van der Waals surface area contributed by atoms with E-state index in [2.05, 4.69) is 4.98 Å². The number of nitrogen functional groups attached to an aromatic ring is 1. The lowest BCUT2D eigenvalue weighted by atomic mass is 9.96. The van der Waals surface area contributed by atoms with Crippen molar-refractivity contribution in [2.75, 3.05) is 23.7 Å². The number of ether oxygens (including phenoxy) is 1. The number of nitrogens with two attached hydrogens (primary N) is 1. The van der Waals surface area contributed by atoms with Gasteiger partial charge in [-0.2, -0.15) is 4.39 Å². The van der Waals surface area contributed by atoms with Crippen LogP contribution in [0.5, 0.6) is 0 Å². The van der Waals surface area contributed by atoms with E-state index in [9.17, 15) is 9.18 Å². The lowest BCUT2D eigenvalue weighted by Crippen LogP contribution is -2.39. The summed E-state index contributed by atoms with van der Waals surface area (Å²) in [5.41, 5.74) is 6.15. The minimum Gasteiger partial charge on any atom is -0.460 e. The van der Waals surface area contributed by atoms with Gasteiger partial charge >= 0.3 is 5.97 Å². The van der Waals surface area contributed by atoms with Gasteiger partial charge in [0.1, 0.15) is 17.0 Å². The zero-order valence-corrected chi connectivity index (χ0v) is 12.8. The molecule has 0 saturated carbocycles. The minimum absolute atomic E-state index is 0.125. The molecule has 0 aromatic carbocycles. The topological polar surface area (TPSA) is 69.7 Å². The zero-order chi connectivity index (χ0) is 15.6. The first-order chi connectivity index (χ1) is 9.78. The van der Waals surface area contributed by atoms with E-state index in [1.807, 2.05) is 25.7 Å². The van der Waals surface area contributed by atoms with Crippen molar-refractivity contribution in [3.8, 4) is 0 Å². The smallest absolute Gasteiger partial charge is 0.309 e. The molecule has 1 aromatic heterocycles. The molecule has 21 heavy (non-hydrogen) atoms. The highest BCUT2D eigenvalue weighted by Crippen LogP contribution is 2.30. The van der Waals surface area contributed by atoms with Crippen LogP contribution in [0.25, 0.3) is 0 Å². The summed E-state index contributed by atoms with van der Waals surface area (Å²) in [4.78, 5) is 16.6. The second kappa shape index (κ2) is 5.87. The molecule has 5 nitrogen and oxygen atoms in total. The Morgan fingerprint density at radius 2 is 2.00 bits per heavy atom. The third-order valence-electron chi connectivity index (χ3n) is 3.50. The number of nitrogens with zero attached hydrogens (tertiary/aromatic N) is 1. The van der Waals surface area contributed by atoms with Crippen molar-refractivity contribution in [1.29, 1.82) is 0 Å². The number of nitrogens with one attached hydrogen (secondary N) is 1. The number of rotatable bonds is 2. The molecule has 1 aliphatic heterocycles. The summed E-state index contributed by atoms with van der Waals surface area (Å²) in [5.74, 6) is -0.664. The van der Waals surface area contributed by atoms with Crippen molar-refractivity contribution >= 4 is 17.3 Å². The van der Waals surface area contributed by atoms with Crippen molar-refractivity contribution in [2.45, 2.75) is 39.2 Å². The number of anilines is 2. The molecule has 0 spiro atoms. The number of carbonyl (C=O) groups excluding carboxylic acids is 1. The van der Waals surface area contributed by atoms with Crippen LogP contribution in [0.1, 0.15) is 33.6 Å². The van der Waals surface area contributed by atoms with E-state index in [1.165, 1.54) is 6.20 Å². The molecular formula is C15H23FN3O2+. The third kappa shape index (κ3) is 3.83. The number of hydrogen-bond acceptors (Lipinski definition) is 4. The first kappa shape index (κ1) is 15.5. The van der Waals surface area contributed by atoms with Gasteiger partial charge in [-0.3, -0.25) is 4.79 Å². The van der Waals surface area contributed by atoms with Gasteiger partial charge in [-0.05, 0) is 33.6 Å². The molecule has 116 valence electrons. The van der Waals surface area contributed by atoms with Crippen molar-refractivity contribution in [2.24, 2.45) is 5.92 Å². The van der Waals surface area contributed by atoms with Gasteiger partial charge in [0.15, 0.2) is 6.20 Å². The van der Waals surface area contributed by atoms with Gasteiger partial charge < -0.3 is 15.4 Å². The van der Waals surface area contributed by atoms with Crippen LogP contribution in [0.15, 0.2) is 12.4 Å². The van der Waals surface area contributed by atoms with E-state index >= 15 is 0 Å². The minimum atomic E-state index is -0.472. The molecule has 6 heteroatoms. The average Bonchev–Trinajstić information content (AvgIpc) is 2.37. The summed E-state index contributed by atoms with van der Waals surface area (Å²) in [7, 11) is 0. The highest BCUT2D eigenvalue weighted by Gasteiger charge is 2.30. The van der Waals surface area contributed by atoms with Crippen molar-refractivity contribution in [1.82, 2.24) is 0 Å². The Hall–Kier alpha value is -1.85. The Balaban J connectivity index is 1.99. The van der Waals surface area contributed by atoms with Crippen LogP contribution >= 0.6 is 0 Å². The lowest BCUT2D eigenvalue weighted by molar-refractivity contribution is -0.379. The van der Waals surface area contributed by atoms with E-state index in [1.54, 1.807) is 6.20 Å². The fourth-order valence-corrected chi connectivity index (χ4v) is 2.54. The van der Waals surface area contributed by atoms with Crippen LogP contribution in [0.3, 0.4) is 0 Å². The summed E-state index contributed by atoms with van der Waals surface area (Å²) in [6.45, 7) is 6.76. The molecular weight excluding hydrogens is 273 g/mol. The van der Waals surface area contributed by atoms with E-state index in [4.69, 9.17) is 10.5 Å². The predicted octanol–water partition coefficient (Wildman–Crippen LogP) is 1.78. The van der Waals surface area contributed by atoms with Gasteiger partial charge in [0.05, 0.1) is 5.92 Å². The molecule has 0 radical (unpaired) electrons. The molecule has 0 atom stereocenters. The number of esters is 1. The van der Waals surface area contributed by atoms with Gasteiger partial charge in [-0.25, -0.2) is 4.98 Å². The maximum atomic E-state index is 13.9. The van der Waals surface area contributed by atoms with E-state index < -0.39 is 5.60 Å². The molecule has 0 aliphatic carbocycles. The Bertz CT molecular complexity index is 500. The van der Waals surface area contributed by atoms with Gasteiger partial charge in [0.25, 0.3) is 0 Å². The molecule has 1 saturated heterocycles. The van der Waals surface area contributed by atoms with Crippen LogP contribution < -0.4 is 15.6 Å². The number of hydrogen-bond donors (Lipinski definition) is 1. The predicted molar refractivity (Wildman–Crippen MR) is 78.2 cm³/mol. The highest BCUT2D eigenvalue weighted by atomic mass is 19.1. The van der Waals surface area contributed by atoms with Gasteiger partial charge in [-0.1, -0.05) is 0 Å². The molecule has 1 fully saturated rings. The molecule has 1 aliphatic rings. The van der Waals surface area contributed by atoms with Crippen LogP contribution in [0, 0.1) is 11.7 Å². The second-order valence-electron chi connectivity index (χ2n) is 6.40. The molecule has 1 aromatic rings. The largest absolute Gasteiger partial charge is 0.460 e. The summed E-state index contributed by atoms with van der Waals surface area (Å²) in [5, 5.41) is 0. The highest BCUT2D eigenvalue weighted by molar-refractivity contribution is 5.74. The van der Waals surface area contributed by atoms with E-state index in [0.717, 1.165) is 0 Å². The number of aromatic nitrogens is 1. The molecule has 2 heterocycles. The normalized spacial score (nSPS) is 16.9. The summed E-state index contributed by atoms with van der Waals surface area (Å²) in [6, 6.07) is 0. The van der Waals surface area contributed by atoms with E-state index in [-0.39, 0.29) is 17.7 Å². The van der Waals surface area contributed by atoms with Crippen LogP contribution in [-0.2, 0) is 9.53 Å². The van der Waals surface area contributed by atoms with E-state index in [0.29, 0.717) is 37.3 Å². The maximum absolute atomic E-state index is 13.9. The number of pyridine rings is 1. The number of carbonyl (C=O) groups is 1. The van der Waals surface area contributed by atoms with Crippen LogP contribution in [0.2, 0.25) is 0 Å². The first-order valence-corrected chi connectivity index (χ1v) is 7.21. The zero-order valence-electron chi connectivity index (χ0n) is 12.8. The summed E-state index contributed by atoms with van der Waals surface area (Å²) in [6.07, 6.45) is 4.14.